The Labute approximate surface area is 164 Å². The van der Waals surface area contributed by atoms with Crippen LogP contribution in [0.1, 0.15) is 89.5 Å². The van der Waals surface area contributed by atoms with Gasteiger partial charge in [-0.1, -0.05) is 63.2 Å². The van der Waals surface area contributed by atoms with Crippen molar-refractivity contribution in [2.24, 2.45) is 17.8 Å². The number of hydrogen-bond acceptors (Lipinski definition) is 0. The van der Waals surface area contributed by atoms with Gasteiger partial charge in [0.05, 0.1) is 0 Å². The maximum atomic E-state index is 13.3. The number of halogens is 2. The number of hydrogen-bond donors (Lipinski definition) is 0. The molecule has 0 bridgehead atoms. The Morgan fingerprint density at radius 2 is 1.59 bits per heavy atom. The molecule has 0 aliphatic heterocycles. The fourth-order valence-electron chi connectivity index (χ4n) is 5.25. The zero-order valence-electron chi connectivity index (χ0n) is 17.0. The standard InChI is InChI=1S/C25H36F2/c1-2-3-4-5-19-8-13-22(14-9-19)23-15-10-20(11-16-23)6-7-21-12-17-24(26)25(27)18-21/h6,12,17-19,22-23H,2-5,7-11,13-16H2,1H3. The van der Waals surface area contributed by atoms with Gasteiger partial charge < -0.3 is 0 Å². The second-order valence-electron chi connectivity index (χ2n) is 8.93. The Hall–Kier alpha value is -1.18. The lowest BCUT2D eigenvalue weighted by Gasteiger charge is -2.36. The molecular formula is C25H36F2. The smallest absolute Gasteiger partial charge is 0.159 e. The number of unbranched alkanes of at least 4 members (excludes halogenated alkanes) is 2. The minimum Gasteiger partial charge on any atom is -0.204 e. The molecule has 0 nitrogen and oxygen atoms in total. The first kappa shape index (κ1) is 20.6. The van der Waals surface area contributed by atoms with Crippen LogP contribution in [0, 0.1) is 29.4 Å². The van der Waals surface area contributed by atoms with Crippen molar-refractivity contribution in [3.63, 3.8) is 0 Å². The lowest BCUT2D eigenvalue weighted by atomic mass is 9.69. The van der Waals surface area contributed by atoms with E-state index in [0.29, 0.717) is 0 Å². The van der Waals surface area contributed by atoms with Crippen LogP contribution < -0.4 is 0 Å². The van der Waals surface area contributed by atoms with Crippen molar-refractivity contribution in [1.29, 1.82) is 0 Å². The number of rotatable bonds is 7. The normalized spacial score (nSPS) is 26.2. The summed E-state index contributed by atoms with van der Waals surface area (Å²) in [7, 11) is 0. The summed E-state index contributed by atoms with van der Waals surface area (Å²) in [5.41, 5.74) is 2.38. The summed E-state index contributed by atoms with van der Waals surface area (Å²) in [6, 6.07) is 4.26. The predicted molar refractivity (Wildman–Crippen MR) is 110 cm³/mol. The van der Waals surface area contributed by atoms with Crippen LogP contribution in [0.4, 0.5) is 8.78 Å². The van der Waals surface area contributed by atoms with Crippen LogP contribution in [-0.4, -0.2) is 0 Å². The van der Waals surface area contributed by atoms with Gasteiger partial charge in [-0.05, 0) is 80.4 Å². The Balaban J connectivity index is 1.39. The maximum absolute atomic E-state index is 13.3. The Morgan fingerprint density at radius 1 is 0.889 bits per heavy atom. The monoisotopic (exact) mass is 374 g/mol. The largest absolute Gasteiger partial charge is 0.204 e. The lowest BCUT2D eigenvalue weighted by Crippen LogP contribution is -2.24. The molecule has 150 valence electrons. The average Bonchev–Trinajstić information content (AvgIpc) is 2.70. The highest BCUT2D eigenvalue weighted by Crippen LogP contribution is 2.42. The quantitative estimate of drug-likeness (QED) is 0.335. The molecule has 0 N–H and O–H groups in total. The van der Waals surface area contributed by atoms with Crippen molar-refractivity contribution in [2.45, 2.75) is 90.4 Å². The van der Waals surface area contributed by atoms with Gasteiger partial charge in [0.1, 0.15) is 0 Å². The molecule has 2 fully saturated rings. The van der Waals surface area contributed by atoms with Crippen molar-refractivity contribution < 1.29 is 8.78 Å². The summed E-state index contributed by atoms with van der Waals surface area (Å²) in [4.78, 5) is 0. The van der Waals surface area contributed by atoms with E-state index in [4.69, 9.17) is 0 Å². The minimum atomic E-state index is -0.757. The van der Waals surface area contributed by atoms with Gasteiger partial charge in [0.2, 0.25) is 0 Å². The first-order valence-corrected chi connectivity index (χ1v) is 11.3. The van der Waals surface area contributed by atoms with Crippen LogP contribution in [0.2, 0.25) is 0 Å². The second kappa shape index (κ2) is 10.4. The third-order valence-corrected chi connectivity index (χ3v) is 7.06. The number of benzene rings is 1. The molecule has 0 saturated heterocycles. The van der Waals surface area contributed by atoms with E-state index in [0.717, 1.165) is 29.7 Å². The summed E-state index contributed by atoms with van der Waals surface area (Å²) in [6.07, 6.45) is 19.5. The van der Waals surface area contributed by atoms with Crippen molar-refractivity contribution in [1.82, 2.24) is 0 Å². The van der Waals surface area contributed by atoms with Crippen LogP contribution in [0.5, 0.6) is 0 Å². The van der Waals surface area contributed by atoms with E-state index in [1.165, 1.54) is 94.8 Å². The highest BCUT2D eigenvalue weighted by atomic mass is 19.2. The molecule has 0 radical (unpaired) electrons. The molecule has 3 rings (SSSR count). The van der Waals surface area contributed by atoms with Gasteiger partial charge in [-0.25, -0.2) is 8.78 Å². The van der Waals surface area contributed by atoms with Gasteiger partial charge in [-0.3, -0.25) is 0 Å². The van der Waals surface area contributed by atoms with Crippen molar-refractivity contribution in [3.8, 4) is 0 Å². The van der Waals surface area contributed by atoms with E-state index in [2.05, 4.69) is 13.0 Å². The summed E-state index contributed by atoms with van der Waals surface area (Å²) < 4.78 is 26.3. The van der Waals surface area contributed by atoms with E-state index in [9.17, 15) is 8.78 Å². The third-order valence-electron chi connectivity index (χ3n) is 7.06. The van der Waals surface area contributed by atoms with Gasteiger partial charge in [-0.15, -0.1) is 0 Å². The predicted octanol–water partition coefficient (Wildman–Crippen LogP) is 8.01. The second-order valence-corrected chi connectivity index (χ2v) is 8.93. The van der Waals surface area contributed by atoms with Crippen LogP contribution in [0.3, 0.4) is 0 Å². The average molecular weight is 375 g/mol. The van der Waals surface area contributed by atoms with E-state index < -0.39 is 11.6 Å². The van der Waals surface area contributed by atoms with E-state index in [-0.39, 0.29) is 0 Å². The first-order valence-electron chi connectivity index (χ1n) is 11.3. The molecule has 0 spiro atoms. The van der Waals surface area contributed by atoms with Gasteiger partial charge >= 0.3 is 0 Å². The topological polar surface area (TPSA) is 0 Å². The third kappa shape index (κ3) is 6.16. The molecule has 0 unspecified atom stereocenters. The van der Waals surface area contributed by atoms with Gasteiger partial charge in [0.15, 0.2) is 11.6 Å². The highest BCUT2D eigenvalue weighted by molar-refractivity contribution is 5.21. The minimum absolute atomic E-state index is 0.722. The van der Waals surface area contributed by atoms with Crippen LogP contribution >= 0.6 is 0 Å². The highest BCUT2D eigenvalue weighted by Gasteiger charge is 2.29. The fraction of sp³-hybridized carbons (Fsp3) is 0.680. The van der Waals surface area contributed by atoms with Crippen LogP contribution in [-0.2, 0) is 6.42 Å². The van der Waals surface area contributed by atoms with Crippen molar-refractivity contribution in [3.05, 3.63) is 47.0 Å². The summed E-state index contributed by atoms with van der Waals surface area (Å²) in [6.45, 7) is 2.29. The summed E-state index contributed by atoms with van der Waals surface area (Å²) >= 11 is 0. The zero-order valence-corrected chi connectivity index (χ0v) is 17.0. The summed E-state index contributed by atoms with van der Waals surface area (Å²) in [5, 5.41) is 0. The molecule has 1 aromatic carbocycles. The SMILES string of the molecule is CCCCCC1CCC(C2CCC(=CCc3ccc(F)c(F)c3)CC2)CC1. The molecule has 2 heteroatoms. The summed E-state index contributed by atoms with van der Waals surface area (Å²) in [5.74, 6) is 1.39. The molecule has 0 heterocycles. The van der Waals surface area contributed by atoms with E-state index in [1.54, 1.807) is 6.07 Å². The molecule has 0 amide bonds. The Morgan fingerprint density at radius 3 is 2.26 bits per heavy atom. The molecule has 0 atom stereocenters. The molecule has 2 saturated carbocycles. The van der Waals surface area contributed by atoms with Gasteiger partial charge in [-0.2, -0.15) is 0 Å². The molecule has 2 aliphatic rings. The van der Waals surface area contributed by atoms with Crippen LogP contribution in [0.15, 0.2) is 29.8 Å². The molecular weight excluding hydrogens is 338 g/mol. The van der Waals surface area contributed by atoms with Crippen molar-refractivity contribution >= 4 is 0 Å². The lowest BCUT2D eigenvalue weighted by molar-refractivity contribution is 0.172. The molecule has 1 aromatic rings. The van der Waals surface area contributed by atoms with Crippen LogP contribution in [0.25, 0.3) is 0 Å². The first-order chi connectivity index (χ1) is 13.2. The molecule has 0 aromatic heterocycles. The van der Waals surface area contributed by atoms with Crippen molar-refractivity contribution in [2.75, 3.05) is 0 Å². The molecule has 2 aliphatic carbocycles. The number of allylic oxidation sites excluding steroid dienone is 2. The molecule has 27 heavy (non-hydrogen) atoms. The maximum Gasteiger partial charge on any atom is 0.159 e. The zero-order chi connectivity index (χ0) is 19.1. The van der Waals surface area contributed by atoms with E-state index in [1.807, 2.05) is 0 Å². The Kier molecular flexibility index (Phi) is 7.91. The fourth-order valence-corrected chi connectivity index (χ4v) is 5.25. The van der Waals surface area contributed by atoms with Gasteiger partial charge in [0.25, 0.3) is 0 Å². The Bertz CT molecular complexity index is 601. The van der Waals surface area contributed by atoms with Gasteiger partial charge in [0, 0.05) is 0 Å². The van der Waals surface area contributed by atoms with E-state index >= 15 is 0 Å².